The highest BCUT2D eigenvalue weighted by atomic mass is 15.3. The fourth-order valence-corrected chi connectivity index (χ4v) is 5.10. The minimum atomic E-state index is 0.537. The summed E-state index contributed by atoms with van der Waals surface area (Å²) in [5.41, 5.74) is 5.98. The molecule has 0 aliphatic carbocycles. The summed E-state index contributed by atoms with van der Waals surface area (Å²) in [7, 11) is 0. The number of aromatic amines is 2. The first-order chi connectivity index (χ1) is 17.2. The summed E-state index contributed by atoms with van der Waals surface area (Å²) in [5.74, 6) is 1.42. The molecule has 5 heterocycles. The Kier molecular flexibility index (Phi) is 5.95. The SMILES string of the molecule is CCN1CCC(Nc2ccc(Nc3nc(N4CCc5nc[nH]c5CC4)c4[nH]cnc4n3)cc2)CC1. The summed E-state index contributed by atoms with van der Waals surface area (Å²) in [5, 5.41) is 7.07. The Hall–Kier alpha value is -3.66. The number of hydrogen-bond acceptors (Lipinski definition) is 8. The Morgan fingerprint density at radius 1 is 0.914 bits per heavy atom. The van der Waals surface area contributed by atoms with Crippen LogP contribution in [0.3, 0.4) is 0 Å². The number of piperidine rings is 1. The molecule has 0 radical (unpaired) electrons. The number of likely N-dealkylation sites (tertiary alicyclic amines) is 1. The molecule has 0 saturated carbocycles. The second-order valence-corrected chi connectivity index (χ2v) is 9.34. The van der Waals surface area contributed by atoms with Crippen molar-refractivity contribution in [2.24, 2.45) is 0 Å². The molecule has 2 aliphatic rings. The van der Waals surface area contributed by atoms with Crippen LogP contribution in [0, 0.1) is 0 Å². The second kappa shape index (κ2) is 9.53. The highest BCUT2D eigenvalue weighted by Gasteiger charge is 2.21. The summed E-state index contributed by atoms with van der Waals surface area (Å²) in [6.07, 6.45) is 7.63. The monoisotopic (exact) mass is 472 g/mol. The molecule has 0 atom stereocenters. The van der Waals surface area contributed by atoms with E-state index in [0.29, 0.717) is 17.6 Å². The van der Waals surface area contributed by atoms with Crippen LogP contribution >= 0.6 is 0 Å². The number of rotatable bonds is 6. The summed E-state index contributed by atoms with van der Waals surface area (Å²) in [6.45, 7) is 7.42. The van der Waals surface area contributed by atoms with Crippen LogP contribution in [0.25, 0.3) is 11.2 Å². The number of nitrogens with one attached hydrogen (secondary N) is 4. The Balaban J connectivity index is 1.16. The highest BCUT2D eigenvalue weighted by molar-refractivity contribution is 5.84. The fraction of sp³-hybridized carbons (Fsp3) is 0.440. The van der Waals surface area contributed by atoms with Gasteiger partial charge in [0.1, 0.15) is 5.52 Å². The minimum Gasteiger partial charge on any atom is -0.382 e. The largest absolute Gasteiger partial charge is 0.382 e. The van der Waals surface area contributed by atoms with E-state index >= 15 is 0 Å². The quantitative estimate of drug-likeness (QED) is 0.338. The molecule has 0 bridgehead atoms. The number of hydrogen-bond donors (Lipinski definition) is 4. The van der Waals surface area contributed by atoms with Crippen molar-refractivity contribution >= 4 is 34.3 Å². The van der Waals surface area contributed by atoms with Crippen LogP contribution in [-0.4, -0.2) is 73.6 Å². The normalized spacial score (nSPS) is 17.3. The van der Waals surface area contributed by atoms with Crippen molar-refractivity contribution in [2.45, 2.75) is 38.6 Å². The van der Waals surface area contributed by atoms with Crippen LogP contribution in [0.4, 0.5) is 23.1 Å². The van der Waals surface area contributed by atoms with E-state index < -0.39 is 0 Å². The second-order valence-electron chi connectivity index (χ2n) is 9.34. The first kappa shape index (κ1) is 21.8. The van der Waals surface area contributed by atoms with E-state index in [9.17, 15) is 0 Å². The number of nitrogens with zero attached hydrogens (tertiary/aromatic N) is 6. The molecule has 4 N–H and O–H groups in total. The van der Waals surface area contributed by atoms with E-state index in [1.165, 1.54) is 31.6 Å². The molecule has 0 unspecified atom stereocenters. The minimum absolute atomic E-state index is 0.537. The lowest BCUT2D eigenvalue weighted by atomic mass is 10.0. The Morgan fingerprint density at radius 3 is 2.51 bits per heavy atom. The van der Waals surface area contributed by atoms with Crippen molar-refractivity contribution in [3.05, 3.63) is 48.3 Å². The lowest BCUT2D eigenvalue weighted by molar-refractivity contribution is 0.229. The van der Waals surface area contributed by atoms with E-state index in [4.69, 9.17) is 4.98 Å². The predicted molar refractivity (Wildman–Crippen MR) is 138 cm³/mol. The van der Waals surface area contributed by atoms with Gasteiger partial charge in [0.15, 0.2) is 11.5 Å². The van der Waals surface area contributed by atoms with Gasteiger partial charge in [0.25, 0.3) is 0 Å². The Bertz CT molecular complexity index is 1250. The van der Waals surface area contributed by atoms with Crippen LogP contribution in [-0.2, 0) is 12.8 Å². The third-order valence-electron chi connectivity index (χ3n) is 7.17. The summed E-state index contributed by atoms with van der Waals surface area (Å²) >= 11 is 0. The molecule has 1 saturated heterocycles. The lowest BCUT2D eigenvalue weighted by Crippen LogP contribution is -2.38. The van der Waals surface area contributed by atoms with Gasteiger partial charge in [0.05, 0.1) is 18.3 Å². The zero-order chi connectivity index (χ0) is 23.6. The fourth-order valence-electron chi connectivity index (χ4n) is 5.10. The van der Waals surface area contributed by atoms with Crippen molar-refractivity contribution in [3.63, 3.8) is 0 Å². The van der Waals surface area contributed by atoms with Gasteiger partial charge in [0.2, 0.25) is 5.95 Å². The van der Waals surface area contributed by atoms with Gasteiger partial charge in [-0.3, -0.25) is 0 Å². The number of imidazole rings is 2. The van der Waals surface area contributed by atoms with Gasteiger partial charge in [-0.25, -0.2) is 9.97 Å². The molecule has 35 heavy (non-hydrogen) atoms. The van der Waals surface area contributed by atoms with E-state index in [1.807, 2.05) is 0 Å². The van der Waals surface area contributed by atoms with Crippen molar-refractivity contribution < 1.29 is 0 Å². The van der Waals surface area contributed by atoms with Gasteiger partial charge in [-0.1, -0.05) is 6.92 Å². The topological polar surface area (TPSA) is 114 Å². The molecule has 0 spiro atoms. The van der Waals surface area contributed by atoms with E-state index in [2.05, 4.69) is 76.5 Å². The van der Waals surface area contributed by atoms with E-state index in [1.54, 1.807) is 12.7 Å². The highest BCUT2D eigenvalue weighted by Crippen LogP contribution is 2.27. The molecule has 6 rings (SSSR count). The molecule has 2 aliphatic heterocycles. The molecule has 10 heteroatoms. The Morgan fingerprint density at radius 2 is 1.69 bits per heavy atom. The maximum absolute atomic E-state index is 4.89. The maximum Gasteiger partial charge on any atom is 0.231 e. The first-order valence-corrected chi connectivity index (χ1v) is 12.6. The molecular weight excluding hydrogens is 440 g/mol. The maximum atomic E-state index is 4.89. The molecule has 0 amide bonds. The molecule has 1 aromatic carbocycles. The lowest BCUT2D eigenvalue weighted by Gasteiger charge is -2.32. The average molecular weight is 473 g/mol. The number of fused-ring (bicyclic) bond motifs is 2. The van der Waals surface area contributed by atoms with Crippen molar-refractivity contribution in [2.75, 3.05) is 48.3 Å². The van der Waals surface area contributed by atoms with Crippen LogP contribution in [0.15, 0.2) is 36.9 Å². The smallest absolute Gasteiger partial charge is 0.231 e. The summed E-state index contributed by atoms with van der Waals surface area (Å²) in [6, 6.07) is 8.93. The number of anilines is 4. The molecule has 10 nitrogen and oxygen atoms in total. The van der Waals surface area contributed by atoms with Crippen molar-refractivity contribution in [1.29, 1.82) is 0 Å². The number of H-pyrrole nitrogens is 2. The van der Waals surface area contributed by atoms with Crippen LogP contribution in [0.5, 0.6) is 0 Å². The zero-order valence-corrected chi connectivity index (χ0v) is 20.1. The summed E-state index contributed by atoms with van der Waals surface area (Å²) < 4.78 is 0. The van der Waals surface area contributed by atoms with E-state index in [-0.39, 0.29) is 0 Å². The van der Waals surface area contributed by atoms with Gasteiger partial charge in [-0.15, -0.1) is 0 Å². The number of benzene rings is 1. The van der Waals surface area contributed by atoms with Crippen LogP contribution in [0.1, 0.15) is 31.2 Å². The van der Waals surface area contributed by atoms with Crippen molar-refractivity contribution in [3.8, 4) is 0 Å². The molecular formula is C25H32N10. The molecule has 4 aromatic rings. The van der Waals surface area contributed by atoms with Gasteiger partial charge in [-0.2, -0.15) is 9.97 Å². The number of aromatic nitrogens is 6. The summed E-state index contributed by atoms with van der Waals surface area (Å²) in [4.78, 5) is 29.7. The third kappa shape index (κ3) is 4.66. The van der Waals surface area contributed by atoms with Crippen molar-refractivity contribution in [1.82, 2.24) is 34.8 Å². The molecule has 3 aromatic heterocycles. The Labute approximate surface area is 204 Å². The van der Waals surface area contributed by atoms with Gasteiger partial charge in [-0.05, 0) is 43.7 Å². The van der Waals surface area contributed by atoms with Gasteiger partial charge >= 0.3 is 0 Å². The standard InChI is InChI=1S/C25H32N10/c1-2-34-11-7-19(8-12-34)30-17-3-5-18(6-4-17)31-25-32-23-22(28-16-29-23)24(33-25)35-13-9-20-21(10-14-35)27-15-26-20/h3-6,15-16,19,30H,2,7-14H2,1H3,(H,26,27)(H2,28,29,31,32,33). The van der Waals surface area contributed by atoms with Crippen LogP contribution < -0.4 is 15.5 Å². The van der Waals surface area contributed by atoms with Gasteiger partial charge < -0.3 is 30.4 Å². The van der Waals surface area contributed by atoms with E-state index in [0.717, 1.165) is 60.9 Å². The molecule has 182 valence electrons. The third-order valence-corrected chi connectivity index (χ3v) is 7.17. The first-order valence-electron chi connectivity index (χ1n) is 12.6. The van der Waals surface area contributed by atoms with Gasteiger partial charge in [0, 0.05) is 62.1 Å². The molecule has 1 fully saturated rings. The predicted octanol–water partition coefficient (Wildman–Crippen LogP) is 3.32. The van der Waals surface area contributed by atoms with Crippen LogP contribution in [0.2, 0.25) is 0 Å². The average Bonchev–Trinajstić information content (AvgIpc) is 3.50. The zero-order valence-electron chi connectivity index (χ0n) is 20.1.